The number of nitrogens with zero attached hydrogens (tertiary/aromatic N) is 2. The van der Waals surface area contributed by atoms with E-state index in [1.807, 2.05) is 13.8 Å². The molecule has 27 heavy (non-hydrogen) atoms. The Balaban J connectivity index is 0.00000676. The molecule has 1 aromatic rings. The first-order chi connectivity index (χ1) is 12.1. The van der Waals surface area contributed by atoms with E-state index >= 15 is 0 Å². The normalized spacial score (nSPS) is 11.1. The van der Waals surface area contributed by atoms with Gasteiger partial charge in [-0.1, -0.05) is 0 Å². The summed E-state index contributed by atoms with van der Waals surface area (Å²) in [4.78, 5) is 4.33. The molecule has 0 aliphatic heterocycles. The van der Waals surface area contributed by atoms with Crippen LogP contribution in [-0.2, 0) is 20.0 Å². The van der Waals surface area contributed by atoms with Crippen molar-refractivity contribution in [2.45, 2.75) is 13.8 Å². The average molecular weight is 534 g/mol. The lowest BCUT2D eigenvalue weighted by molar-refractivity contribution is 0.328. The van der Waals surface area contributed by atoms with Gasteiger partial charge in [0.2, 0.25) is 20.0 Å². The van der Waals surface area contributed by atoms with Crippen LogP contribution in [0, 0.1) is 0 Å². The Bertz CT molecular complexity index is 771. The zero-order chi connectivity index (χ0) is 19.8. The van der Waals surface area contributed by atoms with Crippen molar-refractivity contribution in [3.63, 3.8) is 0 Å². The van der Waals surface area contributed by atoms with Crippen LogP contribution in [0.2, 0.25) is 0 Å². The number of hydrogen-bond donors (Lipinski definition) is 2. The molecule has 0 saturated heterocycles. The molecule has 0 atom stereocenters. The summed E-state index contributed by atoms with van der Waals surface area (Å²) in [5, 5.41) is 6.19. The van der Waals surface area contributed by atoms with E-state index in [1.165, 1.54) is 24.3 Å². The third kappa shape index (κ3) is 8.97. The molecule has 0 heterocycles. The Labute approximate surface area is 178 Å². The Kier molecular flexibility index (Phi) is 11.0. The Morgan fingerprint density at radius 2 is 1.48 bits per heavy atom. The number of hydrogen-bond acceptors (Lipinski definition) is 6. The van der Waals surface area contributed by atoms with Crippen molar-refractivity contribution in [3.05, 3.63) is 24.3 Å². The highest BCUT2D eigenvalue weighted by Crippen LogP contribution is 2.23. The standard InChI is InChI=1S/C15H26N4O5S2.HI/c1-5-16-15(17-6-2)18-11-12-24-14-9-7-13(8-10-14)19(25(3,20)21)26(4,22)23;/h7-10H,5-6,11-12H2,1-4H3,(H2,16,17,18);1H. The lowest BCUT2D eigenvalue weighted by Crippen LogP contribution is -2.37. The van der Waals surface area contributed by atoms with E-state index in [-0.39, 0.29) is 29.7 Å². The minimum absolute atomic E-state index is 0. The van der Waals surface area contributed by atoms with Crippen molar-refractivity contribution in [1.82, 2.24) is 10.6 Å². The lowest BCUT2D eigenvalue weighted by atomic mass is 10.3. The summed E-state index contributed by atoms with van der Waals surface area (Å²) >= 11 is 0. The third-order valence-corrected chi connectivity index (χ3v) is 6.22. The van der Waals surface area contributed by atoms with E-state index in [4.69, 9.17) is 4.74 Å². The SMILES string of the molecule is CCNC(=NCCOc1ccc(N(S(C)(=O)=O)S(C)(=O)=O)cc1)NCC.I. The molecule has 1 rings (SSSR count). The Hall–Kier alpha value is -1.28. The molecule has 0 aromatic heterocycles. The molecule has 0 amide bonds. The van der Waals surface area contributed by atoms with Gasteiger partial charge in [-0.2, -0.15) is 3.71 Å². The van der Waals surface area contributed by atoms with Crippen LogP contribution in [-0.4, -0.2) is 61.5 Å². The van der Waals surface area contributed by atoms with E-state index in [0.717, 1.165) is 25.6 Å². The summed E-state index contributed by atoms with van der Waals surface area (Å²) in [6.07, 6.45) is 1.67. The number of halogens is 1. The fourth-order valence-electron chi connectivity index (χ4n) is 2.12. The first kappa shape index (κ1) is 25.7. The number of nitrogens with one attached hydrogen (secondary N) is 2. The lowest BCUT2D eigenvalue weighted by Gasteiger charge is -2.19. The number of aliphatic imine (C=N–C) groups is 1. The van der Waals surface area contributed by atoms with E-state index < -0.39 is 20.0 Å². The maximum absolute atomic E-state index is 11.7. The highest BCUT2D eigenvalue weighted by atomic mass is 127. The van der Waals surface area contributed by atoms with Gasteiger partial charge in [0.25, 0.3) is 0 Å². The molecule has 1 aromatic carbocycles. The molecule has 9 nitrogen and oxygen atoms in total. The van der Waals surface area contributed by atoms with Crippen molar-refractivity contribution >= 4 is 55.7 Å². The number of anilines is 1. The second-order valence-corrected chi connectivity index (χ2v) is 9.25. The zero-order valence-electron chi connectivity index (χ0n) is 15.8. The molecule has 0 aliphatic carbocycles. The summed E-state index contributed by atoms with van der Waals surface area (Å²) in [5.74, 6) is 1.19. The van der Waals surface area contributed by atoms with Gasteiger partial charge in [0.05, 0.1) is 24.7 Å². The predicted molar refractivity (Wildman–Crippen MR) is 119 cm³/mol. The van der Waals surface area contributed by atoms with Crippen LogP contribution in [0.4, 0.5) is 5.69 Å². The smallest absolute Gasteiger partial charge is 0.245 e. The van der Waals surface area contributed by atoms with E-state index in [9.17, 15) is 16.8 Å². The van der Waals surface area contributed by atoms with Gasteiger partial charge < -0.3 is 15.4 Å². The van der Waals surface area contributed by atoms with Crippen molar-refractivity contribution in [3.8, 4) is 5.75 Å². The average Bonchev–Trinajstić information content (AvgIpc) is 2.50. The number of sulfonamides is 2. The first-order valence-electron chi connectivity index (χ1n) is 8.05. The molecule has 0 spiro atoms. The molecule has 156 valence electrons. The van der Waals surface area contributed by atoms with Crippen molar-refractivity contribution in [2.24, 2.45) is 4.99 Å². The topological polar surface area (TPSA) is 117 Å². The molecule has 0 radical (unpaired) electrons. The van der Waals surface area contributed by atoms with Crippen LogP contribution in [0.15, 0.2) is 29.3 Å². The van der Waals surface area contributed by atoms with Gasteiger partial charge in [0.1, 0.15) is 12.4 Å². The Morgan fingerprint density at radius 1 is 1.00 bits per heavy atom. The molecule has 2 N–H and O–H groups in total. The molecule has 0 bridgehead atoms. The third-order valence-electron chi connectivity index (χ3n) is 2.97. The molecule has 0 unspecified atom stereocenters. The van der Waals surface area contributed by atoms with Gasteiger partial charge in [0, 0.05) is 13.1 Å². The molecule has 0 saturated carbocycles. The fourth-order valence-corrected chi connectivity index (χ4v) is 5.10. The fraction of sp³-hybridized carbons (Fsp3) is 0.533. The molecule has 0 fully saturated rings. The summed E-state index contributed by atoms with van der Waals surface area (Å²) in [6, 6.07) is 5.78. The molecular weight excluding hydrogens is 507 g/mol. The van der Waals surface area contributed by atoms with Gasteiger partial charge in [-0.25, -0.2) is 21.8 Å². The number of ether oxygens (including phenoxy) is 1. The van der Waals surface area contributed by atoms with Crippen molar-refractivity contribution < 1.29 is 21.6 Å². The van der Waals surface area contributed by atoms with Crippen LogP contribution in [0.5, 0.6) is 5.75 Å². The van der Waals surface area contributed by atoms with E-state index in [2.05, 4.69) is 15.6 Å². The van der Waals surface area contributed by atoms with Crippen LogP contribution in [0.3, 0.4) is 0 Å². The first-order valence-corrected chi connectivity index (χ1v) is 11.7. The van der Waals surface area contributed by atoms with E-state index in [0.29, 0.717) is 28.6 Å². The van der Waals surface area contributed by atoms with Crippen LogP contribution in [0.25, 0.3) is 0 Å². The van der Waals surface area contributed by atoms with Gasteiger partial charge >= 0.3 is 0 Å². The van der Waals surface area contributed by atoms with Gasteiger partial charge in [0.15, 0.2) is 5.96 Å². The van der Waals surface area contributed by atoms with Crippen LogP contribution < -0.4 is 19.1 Å². The molecule has 0 aliphatic rings. The maximum atomic E-state index is 11.7. The highest BCUT2D eigenvalue weighted by Gasteiger charge is 2.27. The summed E-state index contributed by atoms with van der Waals surface area (Å²) in [7, 11) is -7.91. The molecular formula is C15H27IN4O5S2. The maximum Gasteiger partial charge on any atom is 0.245 e. The van der Waals surface area contributed by atoms with Crippen molar-refractivity contribution in [1.29, 1.82) is 0 Å². The van der Waals surface area contributed by atoms with Crippen LogP contribution in [0.1, 0.15) is 13.8 Å². The van der Waals surface area contributed by atoms with Crippen molar-refractivity contribution in [2.75, 3.05) is 42.5 Å². The van der Waals surface area contributed by atoms with Gasteiger partial charge in [-0.05, 0) is 38.1 Å². The summed E-state index contributed by atoms with van der Waals surface area (Å²) < 4.78 is 52.9. The number of rotatable bonds is 9. The minimum Gasteiger partial charge on any atom is -0.492 e. The molecule has 12 heteroatoms. The predicted octanol–water partition coefficient (Wildman–Crippen LogP) is 0.984. The minimum atomic E-state index is -3.96. The summed E-state index contributed by atoms with van der Waals surface area (Å²) in [5.41, 5.74) is 0.0296. The van der Waals surface area contributed by atoms with Gasteiger partial charge in [-0.15, -0.1) is 24.0 Å². The second kappa shape index (κ2) is 11.5. The zero-order valence-corrected chi connectivity index (χ0v) is 19.8. The number of guanidine groups is 1. The van der Waals surface area contributed by atoms with E-state index in [1.54, 1.807) is 0 Å². The quantitative estimate of drug-likeness (QED) is 0.210. The highest BCUT2D eigenvalue weighted by molar-refractivity contribution is 14.0. The number of benzene rings is 1. The summed E-state index contributed by atoms with van der Waals surface area (Å²) in [6.45, 7) is 6.20. The largest absolute Gasteiger partial charge is 0.492 e. The van der Waals surface area contributed by atoms with Crippen LogP contribution >= 0.6 is 24.0 Å². The second-order valence-electron chi connectivity index (χ2n) is 5.36. The Morgan fingerprint density at radius 3 is 1.89 bits per heavy atom. The monoisotopic (exact) mass is 534 g/mol. The van der Waals surface area contributed by atoms with Gasteiger partial charge in [-0.3, -0.25) is 0 Å².